The summed E-state index contributed by atoms with van der Waals surface area (Å²) in [7, 11) is 1.36. The van der Waals surface area contributed by atoms with Crippen molar-refractivity contribution in [2.24, 2.45) is 0 Å². The Morgan fingerprint density at radius 1 is 1.15 bits per heavy atom. The summed E-state index contributed by atoms with van der Waals surface area (Å²) in [4.78, 5) is 11.3. The van der Waals surface area contributed by atoms with Crippen LogP contribution in [0.4, 0.5) is 0 Å². The van der Waals surface area contributed by atoms with Crippen LogP contribution in [0.25, 0.3) is 0 Å². The lowest BCUT2D eigenvalue weighted by Gasteiger charge is -2.09. The molecule has 104 valence electrons. The molecule has 4 heteroatoms. The zero-order valence-corrected chi connectivity index (χ0v) is 12.1. The average molecular weight is 291 g/mol. The highest BCUT2D eigenvalue weighted by Crippen LogP contribution is 2.22. The number of carbonyl (C=O) groups is 1. The summed E-state index contributed by atoms with van der Waals surface area (Å²) >= 11 is 5.90. The van der Waals surface area contributed by atoms with Crippen molar-refractivity contribution in [3.8, 4) is 5.75 Å². The third-order valence-electron chi connectivity index (χ3n) is 2.91. The molecule has 0 unspecified atom stereocenters. The van der Waals surface area contributed by atoms with Crippen molar-refractivity contribution in [2.45, 2.75) is 13.5 Å². The van der Waals surface area contributed by atoms with Crippen LogP contribution in [0.2, 0.25) is 5.02 Å². The van der Waals surface area contributed by atoms with Gasteiger partial charge in [-0.25, -0.2) is 4.79 Å². The lowest BCUT2D eigenvalue weighted by Crippen LogP contribution is -2.02. The second-order valence-electron chi connectivity index (χ2n) is 4.39. The van der Waals surface area contributed by atoms with Crippen LogP contribution in [0.15, 0.2) is 42.5 Å². The Balaban J connectivity index is 2.02. The predicted octanol–water partition coefficient (Wildman–Crippen LogP) is 4.01. The third-order valence-corrected chi connectivity index (χ3v) is 3.14. The fourth-order valence-corrected chi connectivity index (χ4v) is 2.02. The molecule has 0 aliphatic carbocycles. The number of ether oxygens (including phenoxy) is 2. The van der Waals surface area contributed by atoms with Crippen molar-refractivity contribution in [2.75, 3.05) is 7.11 Å². The van der Waals surface area contributed by atoms with E-state index in [1.54, 1.807) is 18.2 Å². The van der Waals surface area contributed by atoms with Gasteiger partial charge in [0.1, 0.15) is 12.4 Å². The summed E-state index contributed by atoms with van der Waals surface area (Å²) in [6.45, 7) is 2.38. The summed E-state index contributed by atoms with van der Waals surface area (Å²) in [6, 6.07) is 12.6. The second-order valence-corrected chi connectivity index (χ2v) is 4.82. The highest BCUT2D eigenvalue weighted by molar-refractivity contribution is 6.30. The second kappa shape index (κ2) is 6.44. The Bertz CT molecular complexity index is 606. The molecule has 0 atom stereocenters. The van der Waals surface area contributed by atoms with Crippen molar-refractivity contribution in [1.29, 1.82) is 0 Å². The first-order valence-corrected chi connectivity index (χ1v) is 6.54. The Morgan fingerprint density at radius 2 is 1.85 bits per heavy atom. The van der Waals surface area contributed by atoms with Crippen molar-refractivity contribution in [1.82, 2.24) is 0 Å². The van der Waals surface area contributed by atoms with Gasteiger partial charge in [0.25, 0.3) is 0 Å². The van der Waals surface area contributed by atoms with E-state index in [2.05, 4.69) is 4.74 Å². The molecule has 0 fully saturated rings. The quantitative estimate of drug-likeness (QED) is 0.798. The zero-order chi connectivity index (χ0) is 14.5. The number of methoxy groups -OCH3 is 1. The van der Waals surface area contributed by atoms with Crippen LogP contribution in [0, 0.1) is 6.92 Å². The maximum Gasteiger partial charge on any atom is 0.337 e. The van der Waals surface area contributed by atoms with E-state index < -0.39 is 0 Å². The number of halogens is 1. The van der Waals surface area contributed by atoms with E-state index in [1.165, 1.54) is 7.11 Å². The standard InChI is InChI=1S/C16H15ClO3/c1-11-9-14(17)7-8-15(11)20-10-12-3-5-13(6-4-12)16(18)19-2/h3-9H,10H2,1-2H3. The van der Waals surface area contributed by atoms with Crippen LogP contribution in [0.1, 0.15) is 21.5 Å². The number of carbonyl (C=O) groups excluding carboxylic acids is 1. The first-order chi connectivity index (χ1) is 9.60. The molecule has 0 N–H and O–H groups in total. The molecule has 0 radical (unpaired) electrons. The summed E-state index contributed by atoms with van der Waals surface area (Å²) in [5, 5.41) is 0.692. The Labute approximate surface area is 123 Å². The molecule has 2 aromatic carbocycles. The minimum atomic E-state index is -0.342. The molecule has 2 aromatic rings. The van der Waals surface area contributed by atoms with Gasteiger partial charge in [-0.05, 0) is 48.4 Å². The van der Waals surface area contributed by atoms with E-state index in [4.69, 9.17) is 16.3 Å². The topological polar surface area (TPSA) is 35.5 Å². The van der Waals surface area contributed by atoms with Gasteiger partial charge in [-0.2, -0.15) is 0 Å². The highest BCUT2D eigenvalue weighted by atomic mass is 35.5. The fourth-order valence-electron chi connectivity index (χ4n) is 1.79. The van der Waals surface area contributed by atoms with Gasteiger partial charge in [-0.1, -0.05) is 23.7 Å². The van der Waals surface area contributed by atoms with E-state index in [0.29, 0.717) is 17.2 Å². The highest BCUT2D eigenvalue weighted by Gasteiger charge is 2.05. The lowest BCUT2D eigenvalue weighted by atomic mass is 10.1. The smallest absolute Gasteiger partial charge is 0.337 e. The molecule has 0 aliphatic heterocycles. The number of hydrogen-bond acceptors (Lipinski definition) is 3. The molecule has 0 saturated heterocycles. The Hall–Kier alpha value is -2.00. The van der Waals surface area contributed by atoms with Crippen molar-refractivity contribution in [3.63, 3.8) is 0 Å². The first-order valence-electron chi connectivity index (χ1n) is 6.16. The maximum absolute atomic E-state index is 11.3. The van der Waals surface area contributed by atoms with E-state index in [1.807, 2.05) is 31.2 Å². The third kappa shape index (κ3) is 3.52. The predicted molar refractivity (Wildman–Crippen MR) is 78.3 cm³/mol. The molecule has 0 spiro atoms. The molecule has 0 bridgehead atoms. The number of rotatable bonds is 4. The van der Waals surface area contributed by atoms with Crippen molar-refractivity contribution < 1.29 is 14.3 Å². The SMILES string of the molecule is COC(=O)c1ccc(COc2ccc(Cl)cc2C)cc1. The summed E-state index contributed by atoms with van der Waals surface area (Å²) < 4.78 is 10.4. The molecule has 3 nitrogen and oxygen atoms in total. The molecule has 0 aromatic heterocycles. The largest absolute Gasteiger partial charge is 0.489 e. The summed E-state index contributed by atoms with van der Waals surface area (Å²) in [6.07, 6.45) is 0. The summed E-state index contributed by atoms with van der Waals surface area (Å²) in [5.74, 6) is 0.456. The number of hydrogen-bond donors (Lipinski definition) is 0. The molecule has 0 amide bonds. The molecular weight excluding hydrogens is 276 g/mol. The van der Waals surface area contributed by atoms with Crippen LogP contribution >= 0.6 is 11.6 Å². The van der Waals surface area contributed by atoms with Crippen LogP contribution in [0.5, 0.6) is 5.75 Å². The molecule has 2 rings (SSSR count). The minimum Gasteiger partial charge on any atom is -0.489 e. The van der Waals surface area contributed by atoms with Crippen LogP contribution < -0.4 is 4.74 Å². The van der Waals surface area contributed by atoms with Gasteiger partial charge in [0.2, 0.25) is 0 Å². The average Bonchev–Trinajstić information content (AvgIpc) is 2.46. The van der Waals surface area contributed by atoms with Crippen molar-refractivity contribution in [3.05, 3.63) is 64.2 Å². The van der Waals surface area contributed by atoms with Crippen molar-refractivity contribution >= 4 is 17.6 Å². The maximum atomic E-state index is 11.3. The molecule has 0 aliphatic rings. The normalized spacial score (nSPS) is 10.2. The Morgan fingerprint density at radius 3 is 2.45 bits per heavy atom. The van der Waals surface area contributed by atoms with Gasteiger partial charge < -0.3 is 9.47 Å². The van der Waals surface area contributed by atoms with Gasteiger partial charge in [0, 0.05) is 5.02 Å². The summed E-state index contributed by atoms with van der Waals surface area (Å²) in [5.41, 5.74) is 2.50. The van der Waals surface area contributed by atoms with Gasteiger partial charge in [-0.15, -0.1) is 0 Å². The fraction of sp³-hybridized carbons (Fsp3) is 0.188. The van der Waals surface area contributed by atoms with E-state index >= 15 is 0 Å². The van der Waals surface area contributed by atoms with Crippen LogP contribution in [0.3, 0.4) is 0 Å². The monoisotopic (exact) mass is 290 g/mol. The lowest BCUT2D eigenvalue weighted by molar-refractivity contribution is 0.0600. The first kappa shape index (κ1) is 14.4. The van der Waals surface area contributed by atoms with E-state index in [-0.39, 0.29) is 5.97 Å². The van der Waals surface area contributed by atoms with E-state index in [9.17, 15) is 4.79 Å². The van der Waals surface area contributed by atoms with Gasteiger partial charge in [0.05, 0.1) is 12.7 Å². The van der Waals surface area contributed by atoms with Crippen LogP contribution in [-0.2, 0) is 11.3 Å². The number of aryl methyl sites for hydroxylation is 1. The van der Waals surface area contributed by atoms with Crippen LogP contribution in [-0.4, -0.2) is 13.1 Å². The van der Waals surface area contributed by atoms with Gasteiger partial charge >= 0.3 is 5.97 Å². The number of esters is 1. The molecule has 0 heterocycles. The van der Waals surface area contributed by atoms with Gasteiger partial charge in [-0.3, -0.25) is 0 Å². The Kier molecular flexibility index (Phi) is 4.64. The molecule has 0 saturated carbocycles. The molecular formula is C16H15ClO3. The van der Waals surface area contributed by atoms with Gasteiger partial charge in [0.15, 0.2) is 0 Å². The molecule has 20 heavy (non-hydrogen) atoms. The van der Waals surface area contributed by atoms with E-state index in [0.717, 1.165) is 16.9 Å². The number of benzene rings is 2. The zero-order valence-electron chi connectivity index (χ0n) is 11.4. The minimum absolute atomic E-state index is 0.342.